The molecule has 0 saturated carbocycles. The highest BCUT2D eigenvalue weighted by atomic mass is 32.2. The molecule has 17 heavy (non-hydrogen) atoms. The van der Waals surface area contributed by atoms with E-state index in [4.69, 9.17) is 5.84 Å². The minimum absolute atomic E-state index is 0.243. The number of aryl methyl sites for hydroxylation is 2. The quantitative estimate of drug-likeness (QED) is 0.602. The molecule has 1 aromatic carbocycles. The molecule has 0 radical (unpaired) electrons. The van der Waals surface area contributed by atoms with Crippen molar-refractivity contribution in [3.63, 3.8) is 0 Å². The largest absolute Gasteiger partial charge is 0.271 e. The number of nitrogens with two attached hydrogens (primary N) is 1. The zero-order chi connectivity index (χ0) is 12.8. The molecule has 0 aromatic heterocycles. The molecule has 2 atom stereocenters. The number of hydrogen-bond donors (Lipinski definition) is 2. The second-order valence-corrected chi connectivity index (χ2v) is 6.16. The first-order valence-electron chi connectivity index (χ1n) is 6.22. The SMILES string of the molecule is CCC(C)SCC(NN)c1cc(C)cc(C)c1. The van der Waals surface area contributed by atoms with Gasteiger partial charge < -0.3 is 0 Å². The molecule has 3 heteroatoms. The Morgan fingerprint density at radius 1 is 1.24 bits per heavy atom. The van der Waals surface area contributed by atoms with Crippen molar-refractivity contribution in [2.45, 2.75) is 45.4 Å². The fourth-order valence-electron chi connectivity index (χ4n) is 1.83. The van der Waals surface area contributed by atoms with Crippen LogP contribution in [0.1, 0.15) is 43.0 Å². The second-order valence-electron chi connectivity index (χ2n) is 4.69. The molecule has 2 unspecified atom stereocenters. The summed E-state index contributed by atoms with van der Waals surface area (Å²) < 4.78 is 0. The van der Waals surface area contributed by atoms with Gasteiger partial charge in [0.1, 0.15) is 0 Å². The van der Waals surface area contributed by atoms with Crippen molar-refractivity contribution in [2.24, 2.45) is 5.84 Å². The average molecular weight is 252 g/mol. The van der Waals surface area contributed by atoms with Crippen LogP contribution in [0.3, 0.4) is 0 Å². The van der Waals surface area contributed by atoms with Gasteiger partial charge in [0.25, 0.3) is 0 Å². The Bertz CT molecular complexity index is 332. The highest BCUT2D eigenvalue weighted by Crippen LogP contribution is 2.23. The zero-order valence-electron chi connectivity index (χ0n) is 11.3. The first-order chi connectivity index (χ1) is 8.06. The first-order valence-corrected chi connectivity index (χ1v) is 7.27. The highest BCUT2D eigenvalue weighted by molar-refractivity contribution is 7.99. The van der Waals surface area contributed by atoms with Crippen molar-refractivity contribution in [3.8, 4) is 0 Å². The Balaban J connectivity index is 2.72. The maximum Gasteiger partial charge on any atom is 0.0550 e. The van der Waals surface area contributed by atoms with Gasteiger partial charge in [-0.25, -0.2) is 0 Å². The summed E-state index contributed by atoms with van der Waals surface area (Å²) in [7, 11) is 0. The Labute approximate surface area is 109 Å². The van der Waals surface area contributed by atoms with Gasteiger partial charge in [0.15, 0.2) is 0 Å². The van der Waals surface area contributed by atoms with E-state index in [1.54, 1.807) is 0 Å². The van der Waals surface area contributed by atoms with Gasteiger partial charge in [-0.2, -0.15) is 11.8 Å². The minimum Gasteiger partial charge on any atom is -0.271 e. The van der Waals surface area contributed by atoms with E-state index in [2.05, 4.69) is 51.3 Å². The van der Waals surface area contributed by atoms with Crippen molar-refractivity contribution < 1.29 is 0 Å². The molecule has 0 bridgehead atoms. The van der Waals surface area contributed by atoms with Gasteiger partial charge in [-0.3, -0.25) is 11.3 Å². The van der Waals surface area contributed by atoms with E-state index < -0.39 is 0 Å². The summed E-state index contributed by atoms with van der Waals surface area (Å²) in [6, 6.07) is 6.87. The number of thioether (sulfide) groups is 1. The van der Waals surface area contributed by atoms with Crippen LogP contribution < -0.4 is 11.3 Å². The van der Waals surface area contributed by atoms with E-state index in [1.165, 1.54) is 23.1 Å². The summed E-state index contributed by atoms with van der Waals surface area (Å²) in [6.07, 6.45) is 1.20. The summed E-state index contributed by atoms with van der Waals surface area (Å²) in [5.74, 6) is 6.69. The molecule has 1 aromatic rings. The van der Waals surface area contributed by atoms with Gasteiger partial charge in [0, 0.05) is 11.0 Å². The molecule has 0 saturated heterocycles. The maximum absolute atomic E-state index is 5.67. The van der Waals surface area contributed by atoms with Gasteiger partial charge in [0.2, 0.25) is 0 Å². The van der Waals surface area contributed by atoms with E-state index in [9.17, 15) is 0 Å². The van der Waals surface area contributed by atoms with Crippen LogP contribution in [0.25, 0.3) is 0 Å². The molecule has 96 valence electrons. The third-order valence-electron chi connectivity index (χ3n) is 2.97. The Hall–Kier alpha value is -0.510. The molecule has 0 amide bonds. The van der Waals surface area contributed by atoms with Crippen LogP contribution in [0, 0.1) is 13.8 Å². The van der Waals surface area contributed by atoms with E-state index >= 15 is 0 Å². The third-order valence-corrected chi connectivity index (χ3v) is 4.40. The molecule has 0 spiro atoms. The van der Waals surface area contributed by atoms with Gasteiger partial charge in [0.05, 0.1) is 6.04 Å². The lowest BCUT2D eigenvalue weighted by atomic mass is 10.0. The predicted octanol–water partition coefficient (Wildman–Crippen LogP) is 3.34. The fraction of sp³-hybridized carbons (Fsp3) is 0.571. The van der Waals surface area contributed by atoms with Crippen LogP contribution in [-0.4, -0.2) is 11.0 Å². The third kappa shape index (κ3) is 4.70. The Morgan fingerprint density at radius 3 is 2.29 bits per heavy atom. The van der Waals surface area contributed by atoms with E-state index in [-0.39, 0.29) is 6.04 Å². The molecule has 1 rings (SSSR count). The van der Waals surface area contributed by atoms with Gasteiger partial charge in [-0.15, -0.1) is 0 Å². The summed E-state index contributed by atoms with van der Waals surface area (Å²) in [5, 5.41) is 0.691. The highest BCUT2D eigenvalue weighted by Gasteiger charge is 2.12. The second kappa shape index (κ2) is 7.04. The van der Waals surface area contributed by atoms with Crippen molar-refractivity contribution >= 4 is 11.8 Å². The lowest BCUT2D eigenvalue weighted by molar-refractivity contribution is 0.609. The Kier molecular flexibility index (Phi) is 6.03. The van der Waals surface area contributed by atoms with Crippen molar-refractivity contribution in [1.29, 1.82) is 0 Å². The van der Waals surface area contributed by atoms with Crippen LogP contribution in [-0.2, 0) is 0 Å². The topological polar surface area (TPSA) is 38.0 Å². The average Bonchev–Trinajstić information content (AvgIpc) is 2.28. The van der Waals surface area contributed by atoms with Crippen molar-refractivity contribution in [1.82, 2.24) is 5.43 Å². The van der Waals surface area contributed by atoms with Crippen molar-refractivity contribution in [2.75, 3.05) is 5.75 Å². The van der Waals surface area contributed by atoms with E-state index in [1.807, 2.05) is 11.8 Å². The minimum atomic E-state index is 0.243. The zero-order valence-corrected chi connectivity index (χ0v) is 12.1. The normalized spacial score (nSPS) is 14.6. The molecule has 2 nitrogen and oxygen atoms in total. The van der Waals surface area contributed by atoms with Crippen LogP contribution in [0.5, 0.6) is 0 Å². The molecule has 0 aliphatic heterocycles. The standard InChI is InChI=1S/C14H24N2S/c1-5-12(4)17-9-14(16-15)13-7-10(2)6-11(3)8-13/h6-8,12,14,16H,5,9,15H2,1-4H3. The molecule has 3 N–H and O–H groups in total. The van der Waals surface area contributed by atoms with Crippen LogP contribution in [0.2, 0.25) is 0 Å². The number of hydrogen-bond acceptors (Lipinski definition) is 3. The monoisotopic (exact) mass is 252 g/mol. The molecule has 0 fully saturated rings. The smallest absolute Gasteiger partial charge is 0.0550 e. The Morgan fingerprint density at radius 2 is 1.82 bits per heavy atom. The molecular weight excluding hydrogens is 228 g/mol. The van der Waals surface area contributed by atoms with E-state index in [0.717, 1.165) is 5.75 Å². The fourth-order valence-corrected chi connectivity index (χ4v) is 2.88. The summed E-state index contributed by atoms with van der Waals surface area (Å²) in [6.45, 7) is 8.75. The van der Waals surface area contributed by atoms with E-state index in [0.29, 0.717) is 5.25 Å². The predicted molar refractivity (Wildman–Crippen MR) is 78.2 cm³/mol. The summed E-state index contributed by atoms with van der Waals surface area (Å²) in [5.41, 5.74) is 6.82. The van der Waals surface area contributed by atoms with Gasteiger partial charge in [-0.1, -0.05) is 43.2 Å². The van der Waals surface area contributed by atoms with Gasteiger partial charge >= 0.3 is 0 Å². The van der Waals surface area contributed by atoms with Crippen LogP contribution >= 0.6 is 11.8 Å². The van der Waals surface area contributed by atoms with Crippen LogP contribution in [0.4, 0.5) is 0 Å². The molecule has 0 aliphatic carbocycles. The summed E-state index contributed by atoms with van der Waals surface area (Å²) in [4.78, 5) is 0. The number of nitrogens with one attached hydrogen (secondary N) is 1. The molecule has 0 aliphatic rings. The van der Waals surface area contributed by atoms with Crippen molar-refractivity contribution in [3.05, 3.63) is 34.9 Å². The summed E-state index contributed by atoms with van der Waals surface area (Å²) >= 11 is 1.97. The number of benzene rings is 1. The molecule has 0 heterocycles. The maximum atomic E-state index is 5.67. The number of rotatable bonds is 6. The lowest BCUT2D eigenvalue weighted by Gasteiger charge is -2.19. The van der Waals surface area contributed by atoms with Crippen LogP contribution in [0.15, 0.2) is 18.2 Å². The number of hydrazine groups is 1. The van der Waals surface area contributed by atoms with Gasteiger partial charge in [-0.05, 0) is 25.8 Å². The first kappa shape index (κ1) is 14.6. The lowest BCUT2D eigenvalue weighted by Crippen LogP contribution is -2.30. The molecular formula is C14H24N2S.